The Morgan fingerprint density at radius 2 is 2.25 bits per heavy atom. The van der Waals surface area contributed by atoms with Crippen molar-refractivity contribution in [3.8, 4) is 5.88 Å². The minimum atomic E-state index is -1.16. The van der Waals surface area contributed by atoms with Crippen molar-refractivity contribution < 1.29 is 23.8 Å². The second-order valence-electron chi connectivity index (χ2n) is 3.78. The third-order valence-corrected chi connectivity index (χ3v) is 2.36. The minimum Gasteiger partial charge on any atom is -0.478 e. The first-order chi connectivity index (χ1) is 9.60. The molecule has 0 unspecified atom stereocenters. The quantitative estimate of drug-likeness (QED) is 0.866. The van der Waals surface area contributed by atoms with Crippen molar-refractivity contribution in [1.82, 2.24) is 4.98 Å². The van der Waals surface area contributed by atoms with E-state index in [2.05, 4.69) is 10.3 Å². The third-order valence-electron chi connectivity index (χ3n) is 2.36. The van der Waals surface area contributed by atoms with Gasteiger partial charge < -0.3 is 19.6 Å². The zero-order chi connectivity index (χ0) is 14.5. The zero-order valence-electron chi connectivity index (χ0n) is 10.6. The topological polar surface area (TPSA) is 102 Å². The molecule has 0 fully saturated rings. The molecule has 0 aliphatic heterocycles. The summed E-state index contributed by atoms with van der Waals surface area (Å²) in [6.07, 6.45) is 2.44. The second kappa shape index (κ2) is 5.87. The highest BCUT2D eigenvalue weighted by molar-refractivity contribution is 6.03. The fourth-order valence-electron chi connectivity index (χ4n) is 1.45. The highest BCUT2D eigenvalue weighted by Gasteiger charge is 2.14. The smallest absolute Gasteiger partial charge is 0.338 e. The molecular weight excluding hydrogens is 264 g/mol. The van der Waals surface area contributed by atoms with E-state index in [1.165, 1.54) is 6.20 Å². The van der Waals surface area contributed by atoms with E-state index in [9.17, 15) is 9.59 Å². The van der Waals surface area contributed by atoms with Gasteiger partial charge in [0.05, 0.1) is 24.1 Å². The van der Waals surface area contributed by atoms with E-state index in [0.717, 1.165) is 12.3 Å². The van der Waals surface area contributed by atoms with Crippen LogP contribution in [0.15, 0.2) is 35.1 Å². The number of carboxylic acids is 1. The van der Waals surface area contributed by atoms with E-state index < -0.39 is 11.9 Å². The van der Waals surface area contributed by atoms with E-state index >= 15 is 0 Å². The maximum atomic E-state index is 11.8. The van der Waals surface area contributed by atoms with Crippen molar-refractivity contribution >= 4 is 17.6 Å². The number of aromatic nitrogens is 1. The zero-order valence-corrected chi connectivity index (χ0v) is 10.6. The van der Waals surface area contributed by atoms with Gasteiger partial charge in [0.2, 0.25) is 5.88 Å². The Labute approximate surface area is 114 Å². The molecule has 0 aromatic carbocycles. The summed E-state index contributed by atoms with van der Waals surface area (Å²) < 4.78 is 10.1. The molecule has 2 aromatic heterocycles. The monoisotopic (exact) mass is 276 g/mol. The number of nitrogens with one attached hydrogen (secondary N) is 1. The van der Waals surface area contributed by atoms with Crippen molar-refractivity contribution in [3.05, 3.63) is 42.0 Å². The molecule has 1 amide bonds. The number of amides is 1. The van der Waals surface area contributed by atoms with Gasteiger partial charge in [-0.05, 0) is 13.0 Å². The molecule has 20 heavy (non-hydrogen) atoms. The SMILES string of the molecule is CCOc1ccc(NC(=O)c2cc(C(=O)O)co2)cn1. The Hall–Kier alpha value is -2.83. The lowest BCUT2D eigenvalue weighted by atomic mass is 10.3. The maximum absolute atomic E-state index is 11.8. The summed E-state index contributed by atoms with van der Waals surface area (Å²) in [4.78, 5) is 26.5. The number of aromatic carboxylic acids is 1. The first-order valence-electron chi connectivity index (χ1n) is 5.82. The Kier molecular flexibility index (Phi) is 3.99. The number of anilines is 1. The number of rotatable bonds is 5. The molecular formula is C13H12N2O5. The van der Waals surface area contributed by atoms with Gasteiger partial charge >= 0.3 is 5.97 Å². The van der Waals surface area contributed by atoms with Crippen molar-refractivity contribution in [2.45, 2.75) is 6.92 Å². The first kappa shape index (κ1) is 13.6. The molecule has 0 saturated heterocycles. The van der Waals surface area contributed by atoms with Gasteiger partial charge in [-0.3, -0.25) is 4.79 Å². The molecule has 2 aromatic rings. The van der Waals surface area contributed by atoms with Gasteiger partial charge in [0, 0.05) is 12.1 Å². The first-order valence-corrected chi connectivity index (χ1v) is 5.82. The van der Waals surface area contributed by atoms with Crippen LogP contribution in [-0.2, 0) is 0 Å². The molecule has 0 aliphatic rings. The van der Waals surface area contributed by atoms with Crippen LogP contribution in [0.1, 0.15) is 27.8 Å². The van der Waals surface area contributed by atoms with Gasteiger partial charge in [0.1, 0.15) is 6.26 Å². The van der Waals surface area contributed by atoms with Crippen LogP contribution >= 0.6 is 0 Å². The summed E-state index contributed by atoms with van der Waals surface area (Å²) in [7, 11) is 0. The van der Waals surface area contributed by atoms with Gasteiger partial charge in [-0.1, -0.05) is 0 Å². The van der Waals surface area contributed by atoms with E-state index in [1.54, 1.807) is 12.1 Å². The standard InChI is InChI=1S/C13H12N2O5/c1-2-19-11-4-3-9(6-14-11)15-12(16)10-5-8(7-20-10)13(17)18/h3-7H,2H2,1H3,(H,15,16)(H,17,18). The third kappa shape index (κ3) is 3.14. The minimum absolute atomic E-state index is 0.0834. The number of furan rings is 1. The molecule has 7 heteroatoms. The van der Waals surface area contributed by atoms with Crippen LogP contribution in [0.5, 0.6) is 5.88 Å². The summed E-state index contributed by atoms with van der Waals surface area (Å²) in [5.41, 5.74) is 0.367. The maximum Gasteiger partial charge on any atom is 0.338 e. The van der Waals surface area contributed by atoms with Crippen LogP contribution in [0.4, 0.5) is 5.69 Å². The molecule has 0 saturated carbocycles. The predicted molar refractivity (Wildman–Crippen MR) is 69.0 cm³/mol. The molecule has 0 bridgehead atoms. The van der Waals surface area contributed by atoms with Crippen molar-refractivity contribution in [2.24, 2.45) is 0 Å². The fraction of sp³-hybridized carbons (Fsp3) is 0.154. The van der Waals surface area contributed by atoms with Gasteiger partial charge in [-0.2, -0.15) is 0 Å². The van der Waals surface area contributed by atoms with Crippen LogP contribution in [0.25, 0.3) is 0 Å². The summed E-state index contributed by atoms with van der Waals surface area (Å²) in [6.45, 7) is 2.34. The molecule has 0 radical (unpaired) electrons. The van der Waals surface area contributed by atoms with Crippen LogP contribution in [0.2, 0.25) is 0 Å². The lowest BCUT2D eigenvalue weighted by Gasteiger charge is -2.04. The number of carbonyl (C=O) groups excluding carboxylic acids is 1. The summed E-state index contributed by atoms with van der Waals surface area (Å²) in [5, 5.41) is 11.3. The van der Waals surface area contributed by atoms with Gasteiger partial charge in [0.15, 0.2) is 5.76 Å². The Balaban J connectivity index is 2.04. The molecule has 104 valence electrons. The number of nitrogens with zero attached hydrogens (tertiary/aromatic N) is 1. The van der Waals surface area contributed by atoms with Gasteiger partial charge in [-0.25, -0.2) is 9.78 Å². The van der Waals surface area contributed by atoms with Gasteiger partial charge in [-0.15, -0.1) is 0 Å². The second-order valence-corrected chi connectivity index (χ2v) is 3.78. The van der Waals surface area contributed by atoms with E-state index in [-0.39, 0.29) is 11.3 Å². The number of hydrogen-bond acceptors (Lipinski definition) is 5. The molecule has 0 atom stereocenters. The number of hydrogen-bond donors (Lipinski definition) is 2. The highest BCUT2D eigenvalue weighted by Crippen LogP contribution is 2.14. The Bertz CT molecular complexity index is 618. The number of carboxylic acid groups (broad SMARTS) is 1. The van der Waals surface area contributed by atoms with Gasteiger partial charge in [0.25, 0.3) is 5.91 Å². The number of ether oxygens (including phenoxy) is 1. The Morgan fingerprint density at radius 3 is 2.80 bits per heavy atom. The fourth-order valence-corrected chi connectivity index (χ4v) is 1.45. The lowest BCUT2D eigenvalue weighted by Crippen LogP contribution is -2.11. The predicted octanol–water partition coefficient (Wildman–Crippen LogP) is 2.02. The van der Waals surface area contributed by atoms with E-state index in [1.807, 2.05) is 6.92 Å². The van der Waals surface area contributed by atoms with Crippen molar-refractivity contribution in [1.29, 1.82) is 0 Å². The van der Waals surface area contributed by atoms with Crippen LogP contribution in [0, 0.1) is 0 Å². The van der Waals surface area contributed by atoms with Crippen LogP contribution < -0.4 is 10.1 Å². The van der Waals surface area contributed by atoms with E-state index in [0.29, 0.717) is 18.2 Å². The van der Waals surface area contributed by atoms with Crippen LogP contribution in [0.3, 0.4) is 0 Å². The molecule has 2 rings (SSSR count). The van der Waals surface area contributed by atoms with Crippen molar-refractivity contribution in [2.75, 3.05) is 11.9 Å². The highest BCUT2D eigenvalue weighted by atomic mass is 16.5. The average Bonchev–Trinajstić information content (AvgIpc) is 2.91. The van der Waals surface area contributed by atoms with E-state index in [4.69, 9.17) is 14.3 Å². The average molecular weight is 276 g/mol. The molecule has 2 N–H and O–H groups in total. The summed E-state index contributed by atoms with van der Waals surface area (Å²) in [5.74, 6) is -1.34. The lowest BCUT2D eigenvalue weighted by molar-refractivity contribution is 0.0696. The molecule has 2 heterocycles. The Morgan fingerprint density at radius 1 is 1.45 bits per heavy atom. The number of carbonyl (C=O) groups is 2. The normalized spacial score (nSPS) is 10.1. The summed E-state index contributed by atoms with van der Waals surface area (Å²) in [6, 6.07) is 4.39. The number of pyridine rings is 1. The van der Waals surface area contributed by atoms with Crippen molar-refractivity contribution in [3.63, 3.8) is 0 Å². The molecule has 0 aliphatic carbocycles. The summed E-state index contributed by atoms with van der Waals surface area (Å²) >= 11 is 0. The molecule has 0 spiro atoms. The molecule has 7 nitrogen and oxygen atoms in total. The van der Waals surface area contributed by atoms with Crippen LogP contribution in [-0.4, -0.2) is 28.6 Å². The largest absolute Gasteiger partial charge is 0.478 e.